The first-order valence-corrected chi connectivity index (χ1v) is 6.01. The number of rotatable bonds is 3. The summed E-state index contributed by atoms with van der Waals surface area (Å²) < 4.78 is 1.60. The number of amides is 1. The van der Waals surface area contributed by atoms with E-state index in [9.17, 15) is 4.79 Å². The molecule has 0 aromatic carbocycles. The van der Waals surface area contributed by atoms with E-state index in [1.807, 2.05) is 18.9 Å². The molecule has 1 saturated heterocycles. The SMILES string of the molecule is CC(C(=O)N(C)C1CCNCC1)n1cncn1. The van der Waals surface area contributed by atoms with E-state index in [2.05, 4.69) is 15.4 Å². The molecule has 0 aliphatic carbocycles. The molecule has 0 radical (unpaired) electrons. The fourth-order valence-electron chi connectivity index (χ4n) is 2.20. The van der Waals surface area contributed by atoms with Crippen LogP contribution in [0.15, 0.2) is 12.7 Å². The van der Waals surface area contributed by atoms with E-state index in [-0.39, 0.29) is 11.9 Å². The third-order valence-corrected chi connectivity index (χ3v) is 3.39. The second-order valence-corrected chi connectivity index (χ2v) is 4.48. The van der Waals surface area contributed by atoms with Crippen molar-refractivity contribution in [2.75, 3.05) is 20.1 Å². The zero-order valence-corrected chi connectivity index (χ0v) is 10.3. The van der Waals surface area contributed by atoms with E-state index in [4.69, 9.17) is 0 Å². The van der Waals surface area contributed by atoms with E-state index in [1.54, 1.807) is 11.0 Å². The van der Waals surface area contributed by atoms with Crippen LogP contribution in [-0.2, 0) is 4.79 Å². The van der Waals surface area contributed by atoms with Gasteiger partial charge in [-0.25, -0.2) is 9.67 Å². The molecule has 1 unspecified atom stereocenters. The second-order valence-electron chi connectivity index (χ2n) is 4.48. The molecule has 1 aliphatic heterocycles. The summed E-state index contributed by atoms with van der Waals surface area (Å²) in [6.07, 6.45) is 5.08. The summed E-state index contributed by atoms with van der Waals surface area (Å²) in [7, 11) is 1.88. The summed E-state index contributed by atoms with van der Waals surface area (Å²) >= 11 is 0. The van der Waals surface area contributed by atoms with Crippen LogP contribution in [0.25, 0.3) is 0 Å². The maximum absolute atomic E-state index is 12.3. The van der Waals surface area contributed by atoms with Gasteiger partial charge in [0.25, 0.3) is 0 Å². The number of piperidine rings is 1. The van der Waals surface area contributed by atoms with Gasteiger partial charge in [0.2, 0.25) is 5.91 Å². The number of likely N-dealkylation sites (N-methyl/N-ethyl adjacent to an activating group) is 1. The monoisotopic (exact) mass is 237 g/mol. The molecule has 1 fully saturated rings. The number of carbonyl (C=O) groups excluding carboxylic acids is 1. The smallest absolute Gasteiger partial charge is 0.247 e. The van der Waals surface area contributed by atoms with E-state index in [1.165, 1.54) is 6.33 Å². The predicted octanol–water partition coefficient (Wildman–Crippen LogP) is 0.0495. The Morgan fingerprint density at radius 3 is 2.82 bits per heavy atom. The molecule has 1 aromatic rings. The molecule has 94 valence electrons. The molecule has 0 spiro atoms. The van der Waals surface area contributed by atoms with Gasteiger partial charge in [-0.05, 0) is 32.9 Å². The summed E-state index contributed by atoms with van der Waals surface area (Å²) in [5, 5.41) is 7.31. The fourth-order valence-corrected chi connectivity index (χ4v) is 2.20. The fraction of sp³-hybridized carbons (Fsp3) is 0.727. The third kappa shape index (κ3) is 2.63. The Hall–Kier alpha value is -1.43. The van der Waals surface area contributed by atoms with Crippen molar-refractivity contribution in [1.82, 2.24) is 25.0 Å². The van der Waals surface area contributed by atoms with Crippen molar-refractivity contribution in [1.29, 1.82) is 0 Å². The van der Waals surface area contributed by atoms with Gasteiger partial charge in [-0.1, -0.05) is 0 Å². The minimum absolute atomic E-state index is 0.0994. The molecule has 0 bridgehead atoms. The van der Waals surface area contributed by atoms with Gasteiger partial charge in [0.1, 0.15) is 18.7 Å². The zero-order valence-electron chi connectivity index (χ0n) is 10.3. The van der Waals surface area contributed by atoms with Gasteiger partial charge in [-0.15, -0.1) is 0 Å². The molecule has 1 N–H and O–H groups in total. The molecule has 6 heteroatoms. The number of carbonyl (C=O) groups is 1. The molecule has 0 saturated carbocycles. The van der Waals surface area contributed by atoms with E-state index in [0.717, 1.165) is 25.9 Å². The molecular weight excluding hydrogens is 218 g/mol. The first-order chi connectivity index (χ1) is 8.20. The second kappa shape index (κ2) is 5.27. The Morgan fingerprint density at radius 2 is 2.24 bits per heavy atom. The number of nitrogens with one attached hydrogen (secondary N) is 1. The van der Waals surface area contributed by atoms with Crippen LogP contribution in [-0.4, -0.2) is 51.8 Å². The number of nitrogens with zero attached hydrogens (tertiary/aromatic N) is 4. The van der Waals surface area contributed by atoms with Crippen LogP contribution >= 0.6 is 0 Å². The lowest BCUT2D eigenvalue weighted by Gasteiger charge is -2.33. The molecule has 2 rings (SSSR count). The Kier molecular flexibility index (Phi) is 3.73. The maximum Gasteiger partial charge on any atom is 0.247 e. The van der Waals surface area contributed by atoms with Crippen molar-refractivity contribution in [3.05, 3.63) is 12.7 Å². The quantitative estimate of drug-likeness (QED) is 0.807. The minimum atomic E-state index is -0.280. The van der Waals surface area contributed by atoms with E-state index >= 15 is 0 Å². The van der Waals surface area contributed by atoms with Crippen LogP contribution in [0.2, 0.25) is 0 Å². The van der Waals surface area contributed by atoms with E-state index < -0.39 is 0 Å². The van der Waals surface area contributed by atoms with Crippen LogP contribution in [0.1, 0.15) is 25.8 Å². The van der Waals surface area contributed by atoms with Crippen molar-refractivity contribution in [2.45, 2.75) is 31.8 Å². The minimum Gasteiger partial charge on any atom is -0.341 e. The highest BCUT2D eigenvalue weighted by Crippen LogP contribution is 2.15. The summed E-state index contributed by atoms with van der Waals surface area (Å²) in [6.45, 7) is 3.83. The molecule has 6 nitrogen and oxygen atoms in total. The summed E-state index contributed by atoms with van der Waals surface area (Å²) in [6, 6.07) is 0.0621. The molecular formula is C11H19N5O. The Balaban J connectivity index is 1.98. The maximum atomic E-state index is 12.3. The molecule has 2 heterocycles. The van der Waals surface area contributed by atoms with Crippen molar-refractivity contribution in [3.8, 4) is 0 Å². The molecule has 17 heavy (non-hydrogen) atoms. The van der Waals surface area contributed by atoms with Crippen LogP contribution < -0.4 is 5.32 Å². The number of hydrogen-bond acceptors (Lipinski definition) is 4. The van der Waals surface area contributed by atoms with Gasteiger partial charge in [0, 0.05) is 13.1 Å². The topological polar surface area (TPSA) is 63.1 Å². The van der Waals surface area contributed by atoms with Crippen LogP contribution in [0.5, 0.6) is 0 Å². The Morgan fingerprint density at radius 1 is 1.53 bits per heavy atom. The highest BCUT2D eigenvalue weighted by atomic mass is 16.2. The summed E-state index contributed by atoms with van der Waals surface area (Å²) in [5.74, 6) is 0.0994. The number of hydrogen-bond donors (Lipinski definition) is 1. The molecule has 1 atom stereocenters. The lowest BCUT2D eigenvalue weighted by molar-refractivity contribution is -0.135. The Labute approximate surface area is 101 Å². The first kappa shape index (κ1) is 12.0. The van der Waals surface area contributed by atoms with Gasteiger partial charge in [-0.3, -0.25) is 4.79 Å². The van der Waals surface area contributed by atoms with Crippen LogP contribution in [0, 0.1) is 0 Å². The van der Waals surface area contributed by atoms with Crippen molar-refractivity contribution in [3.63, 3.8) is 0 Å². The van der Waals surface area contributed by atoms with Crippen molar-refractivity contribution in [2.24, 2.45) is 0 Å². The van der Waals surface area contributed by atoms with Crippen LogP contribution in [0.4, 0.5) is 0 Å². The zero-order chi connectivity index (χ0) is 12.3. The highest BCUT2D eigenvalue weighted by molar-refractivity contribution is 5.80. The van der Waals surface area contributed by atoms with Gasteiger partial charge < -0.3 is 10.2 Å². The normalized spacial score (nSPS) is 18.9. The Bertz CT molecular complexity index is 358. The average Bonchev–Trinajstić information content (AvgIpc) is 2.91. The molecule has 1 aromatic heterocycles. The van der Waals surface area contributed by atoms with Gasteiger partial charge in [-0.2, -0.15) is 5.10 Å². The molecule has 1 aliphatic rings. The highest BCUT2D eigenvalue weighted by Gasteiger charge is 2.26. The summed E-state index contributed by atoms with van der Waals surface area (Å²) in [4.78, 5) is 18.0. The van der Waals surface area contributed by atoms with Gasteiger partial charge in [0.15, 0.2) is 0 Å². The van der Waals surface area contributed by atoms with Crippen LogP contribution in [0.3, 0.4) is 0 Å². The standard InChI is InChI=1S/C11H19N5O/c1-9(16-8-13-7-14-16)11(17)15(2)10-3-5-12-6-4-10/h7-10,12H,3-6H2,1-2H3. The molecule has 1 amide bonds. The predicted molar refractivity (Wildman–Crippen MR) is 63.4 cm³/mol. The number of aromatic nitrogens is 3. The van der Waals surface area contributed by atoms with Crippen molar-refractivity contribution >= 4 is 5.91 Å². The first-order valence-electron chi connectivity index (χ1n) is 6.01. The lowest BCUT2D eigenvalue weighted by Crippen LogP contribution is -2.46. The lowest BCUT2D eigenvalue weighted by atomic mass is 10.0. The average molecular weight is 237 g/mol. The third-order valence-electron chi connectivity index (χ3n) is 3.39. The van der Waals surface area contributed by atoms with Gasteiger partial charge >= 0.3 is 0 Å². The summed E-state index contributed by atoms with van der Waals surface area (Å²) in [5.41, 5.74) is 0. The largest absolute Gasteiger partial charge is 0.341 e. The van der Waals surface area contributed by atoms with E-state index in [0.29, 0.717) is 6.04 Å². The van der Waals surface area contributed by atoms with Crippen molar-refractivity contribution < 1.29 is 4.79 Å². The van der Waals surface area contributed by atoms with Gasteiger partial charge in [0.05, 0.1) is 0 Å².